The predicted octanol–water partition coefficient (Wildman–Crippen LogP) is 7.65. The van der Waals surface area contributed by atoms with Gasteiger partial charge in [-0.3, -0.25) is 0 Å². The fourth-order valence-electron chi connectivity index (χ4n) is 2.06. The van der Waals surface area contributed by atoms with Gasteiger partial charge < -0.3 is 0 Å². The van der Waals surface area contributed by atoms with E-state index in [4.69, 9.17) is 0 Å². The maximum Gasteiger partial charge on any atom is -0.0253 e. The van der Waals surface area contributed by atoms with Gasteiger partial charge in [-0.25, -0.2) is 0 Å². The average Bonchev–Trinajstić information content (AvgIpc) is 2.49. The Morgan fingerprint density at radius 3 is 1.55 bits per heavy atom. The first-order chi connectivity index (χ1) is 9.33. The summed E-state index contributed by atoms with van der Waals surface area (Å²) in [6.45, 7) is 4.61. The Bertz CT molecular complexity index is 364. The first kappa shape index (κ1) is 25.4. The van der Waals surface area contributed by atoms with Crippen LogP contribution in [0.1, 0.15) is 61.0 Å². The van der Waals surface area contributed by atoms with Crippen molar-refractivity contribution in [1.29, 1.82) is 0 Å². The Morgan fingerprint density at radius 1 is 0.727 bits per heavy atom. The maximum absolute atomic E-state index is 2.35. The van der Waals surface area contributed by atoms with E-state index in [9.17, 15) is 0 Å². The molecule has 22 heavy (non-hydrogen) atoms. The molecule has 0 nitrogen and oxygen atoms in total. The van der Waals surface area contributed by atoms with Gasteiger partial charge in [0.25, 0.3) is 0 Å². The largest absolute Gasteiger partial charge is 0.0776 e. The van der Waals surface area contributed by atoms with Gasteiger partial charge in [0.05, 0.1) is 0 Å². The molecule has 0 spiro atoms. The fourth-order valence-corrected chi connectivity index (χ4v) is 2.06. The minimum Gasteiger partial charge on any atom is -0.0776 e. The highest BCUT2D eigenvalue weighted by Crippen LogP contribution is 2.13. The van der Waals surface area contributed by atoms with Gasteiger partial charge in [-0.15, -0.1) is 0 Å². The molecule has 0 heteroatoms. The molecule has 2 aromatic rings. The van der Waals surface area contributed by atoms with E-state index in [2.05, 4.69) is 44.2 Å². The van der Waals surface area contributed by atoms with Crippen LogP contribution in [0.3, 0.4) is 0 Å². The van der Waals surface area contributed by atoms with Gasteiger partial charge in [0.2, 0.25) is 0 Å². The summed E-state index contributed by atoms with van der Waals surface area (Å²) in [5.74, 6) is 0.836. The summed E-state index contributed by atoms with van der Waals surface area (Å²) in [7, 11) is 0. The highest BCUT2D eigenvalue weighted by atomic mass is 14.1. The molecule has 0 N–H and O–H groups in total. The van der Waals surface area contributed by atoms with E-state index in [1.165, 1.54) is 31.2 Å². The molecule has 0 aromatic heterocycles. The molecule has 1 atom stereocenters. The Balaban J connectivity index is -0.000000346. The summed E-state index contributed by atoms with van der Waals surface area (Å²) < 4.78 is 0. The van der Waals surface area contributed by atoms with E-state index in [0.717, 1.165) is 5.92 Å². The third kappa shape index (κ3) is 13.4. The van der Waals surface area contributed by atoms with Crippen molar-refractivity contribution in [1.82, 2.24) is 0 Å². The van der Waals surface area contributed by atoms with Crippen LogP contribution in [0.25, 0.3) is 0 Å². The van der Waals surface area contributed by atoms with E-state index in [-0.39, 0.29) is 22.3 Å². The first-order valence-electron chi connectivity index (χ1n) is 7.37. The van der Waals surface area contributed by atoms with Crippen LogP contribution in [0.2, 0.25) is 0 Å². The molecule has 0 saturated heterocycles. The molecule has 2 rings (SSSR count). The lowest BCUT2D eigenvalue weighted by Gasteiger charge is -2.10. The van der Waals surface area contributed by atoms with Crippen molar-refractivity contribution in [3.05, 3.63) is 72.3 Å². The topological polar surface area (TPSA) is 0 Å². The van der Waals surface area contributed by atoms with Crippen LogP contribution in [-0.2, 0) is 6.42 Å². The summed E-state index contributed by atoms with van der Waals surface area (Å²) >= 11 is 0. The molecular formula is C22H38. The third-order valence-electron chi connectivity index (χ3n) is 3.14. The van der Waals surface area contributed by atoms with Gasteiger partial charge >= 0.3 is 0 Å². The number of hydrogen-bond acceptors (Lipinski definition) is 0. The van der Waals surface area contributed by atoms with Crippen LogP contribution in [0.4, 0.5) is 0 Å². The van der Waals surface area contributed by atoms with Crippen LogP contribution in [-0.4, -0.2) is 0 Å². The highest BCUT2D eigenvalue weighted by molar-refractivity contribution is 5.14. The third-order valence-corrected chi connectivity index (χ3v) is 3.14. The smallest absolute Gasteiger partial charge is 0.0253 e. The monoisotopic (exact) mass is 302 g/mol. The minimum absolute atomic E-state index is 0. The lowest BCUT2D eigenvalue weighted by Crippen LogP contribution is -1.99. The normalized spacial score (nSPS) is 9.73. The molecule has 0 fully saturated rings. The molecule has 0 aliphatic heterocycles. The van der Waals surface area contributed by atoms with Crippen molar-refractivity contribution >= 4 is 0 Å². The van der Waals surface area contributed by atoms with Crippen molar-refractivity contribution in [3.8, 4) is 0 Å². The molecule has 126 valence electrons. The Hall–Kier alpha value is -1.56. The van der Waals surface area contributed by atoms with Gasteiger partial charge in [-0.05, 0) is 17.9 Å². The van der Waals surface area contributed by atoms with Crippen LogP contribution >= 0.6 is 0 Å². The molecule has 1 unspecified atom stereocenters. The van der Waals surface area contributed by atoms with Gasteiger partial charge in [0.15, 0.2) is 0 Å². The maximum atomic E-state index is 2.35. The Kier molecular flexibility index (Phi) is 20.2. The number of rotatable bonds is 5. The Labute approximate surface area is 140 Å². The zero-order valence-electron chi connectivity index (χ0n) is 12.3. The summed E-state index contributed by atoms with van der Waals surface area (Å²) in [6, 6.07) is 22.8. The standard InChI is InChI=1S/C13H20.C6H6.3CH4/c1-3-4-8-12(2)11-13-9-6-5-7-10-13;1-2-4-6-5-3-1;;;/h5-7,9-10,12H,3-4,8,11H2,1-2H3;1-6H;3*1H4. The van der Waals surface area contributed by atoms with E-state index in [1.54, 1.807) is 0 Å². The van der Waals surface area contributed by atoms with Crippen LogP contribution < -0.4 is 0 Å². The fraction of sp³-hybridized carbons (Fsp3) is 0.455. The number of benzene rings is 2. The van der Waals surface area contributed by atoms with E-state index >= 15 is 0 Å². The van der Waals surface area contributed by atoms with Crippen molar-refractivity contribution in [2.45, 2.75) is 61.8 Å². The lowest BCUT2D eigenvalue weighted by molar-refractivity contribution is 0.503. The number of hydrogen-bond donors (Lipinski definition) is 0. The van der Waals surface area contributed by atoms with Gasteiger partial charge in [0, 0.05) is 0 Å². The van der Waals surface area contributed by atoms with Crippen molar-refractivity contribution in [3.63, 3.8) is 0 Å². The highest BCUT2D eigenvalue weighted by Gasteiger charge is 2.01. The zero-order valence-corrected chi connectivity index (χ0v) is 12.3. The Morgan fingerprint density at radius 2 is 1.14 bits per heavy atom. The molecule has 0 bridgehead atoms. The summed E-state index contributed by atoms with van der Waals surface area (Å²) in [4.78, 5) is 0. The van der Waals surface area contributed by atoms with Crippen molar-refractivity contribution < 1.29 is 0 Å². The lowest BCUT2D eigenvalue weighted by atomic mass is 9.96. The van der Waals surface area contributed by atoms with E-state index in [0.29, 0.717) is 0 Å². The SMILES string of the molecule is C.C.C.CCCCC(C)Cc1ccccc1.c1ccccc1. The molecule has 0 aliphatic carbocycles. The molecule has 2 aromatic carbocycles. The summed E-state index contributed by atoms with van der Waals surface area (Å²) in [5, 5.41) is 0. The predicted molar refractivity (Wildman–Crippen MR) is 105 cm³/mol. The minimum atomic E-state index is 0. The van der Waals surface area contributed by atoms with E-state index < -0.39 is 0 Å². The summed E-state index contributed by atoms with van der Waals surface area (Å²) in [6.07, 6.45) is 5.29. The van der Waals surface area contributed by atoms with Crippen LogP contribution in [0.15, 0.2) is 66.7 Å². The molecular weight excluding hydrogens is 264 g/mol. The second-order valence-corrected chi connectivity index (χ2v) is 5.09. The molecule has 0 saturated carbocycles. The average molecular weight is 303 g/mol. The van der Waals surface area contributed by atoms with Crippen molar-refractivity contribution in [2.24, 2.45) is 5.92 Å². The van der Waals surface area contributed by atoms with Gasteiger partial charge in [-0.1, -0.05) is 122 Å². The molecule has 0 aliphatic rings. The van der Waals surface area contributed by atoms with Crippen LogP contribution in [0.5, 0.6) is 0 Å². The number of unbranched alkanes of at least 4 members (excludes halogenated alkanes) is 1. The van der Waals surface area contributed by atoms with Crippen molar-refractivity contribution in [2.75, 3.05) is 0 Å². The molecule has 0 amide bonds. The summed E-state index contributed by atoms with van der Waals surface area (Å²) in [5.41, 5.74) is 1.48. The second kappa shape index (κ2) is 17.5. The van der Waals surface area contributed by atoms with Gasteiger partial charge in [0.1, 0.15) is 0 Å². The molecule has 0 radical (unpaired) electrons. The second-order valence-electron chi connectivity index (χ2n) is 5.09. The quantitative estimate of drug-likeness (QED) is 0.532. The van der Waals surface area contributed by atoms with Crippen LogP contribution in [0, 0.1) is 5.92 Å². The zero-order chi connectivity index (χ0) is 13.8. The van der Waals surface area contributed by atoms with Gasteiger partial charge in [-0.2, -0.15) is 0 Å². The molecule has 0 heterocycles. The first-order valence-corrected chi connectivity index (χ1v) is 7.37. The van der Waals surface area contributed by atoms with E-state index in [1.807, 2.05) is 36.4 Å².